The molecule has 3 rings (SSSR count). The molecule has 0 saturated heterocycles. The Morgan fingerprint density at radius 1 is 0.964 bits per heavy atom. The van der Waals surface area contributed by atoms with E-state index in [1.165, 1.54) is 0 Å². The van der Waals surface area contributed by atoms with E-state index in [2.05, 4.69) is 5.32 Å². The highest BCUT2D eigenvalue weighted by molar-refractivity contribution is 7.89. The third kappa shape index (κ3) is 4.64. The van der Waals surface area contributed by atoms with Gasteiger partial charge in [-0.2, -0.15) is 4.31 Å². The van der Waals surface area contributed by atoms with Crippen LogP contribution in [0.5, 0.6) is 0 Å². The molecule has 0 radical (unpaired) electrons. The number of halogens is 2. The number of fused-ring (bicyclic) bond motifs is 1. The maximum Gasteiger partial charge on any atom is 0.243 e. The molecule has 28 heavy (non-hydrogen) atoms. The van der Waals surface area contributed by atoms with Gasteiger partial charge in [0.25, 0.3) is 0 Å². The number of carbonyl (C=O) groups is 1. The number of rotatable bonds is 6. The predicted octanol–water partition coefficient (Wildman–Crippen LogP) is 4.80. The van der Waals surface area contributed by atoms with E-state index >= 15 is 0 Å². The van der Waals surface area contributed by atoms with Crippen LogP contribution in [0.25, 0.3) is 10.8 Å². The van der Waals surface area contributed by atoms with Gasteiger partial charge in [0.15, 0.2) is 0 Å². The van der Waals surface area contributed by atoms with Crippen molar-refractivity contribution < 1.29 is 13.2 Å². The van der Waals surface area contributed by atoms with Gasteiger partial charge < -0.3 is 5.32 Å². The van der Waals surface area contributed by atoms with Gasteiger partial charge in [0.2, 0.25) is 15.9 Å². The molecule has 0 unspecified atom stereocenters. The van der Waals surface area contributed by atoms with Crippen LogP contribution in [0, 0.1) is 0 Å². The second-order valence-electron chi connectivity index (χ2n) is 6.15. The minimum Gasteiger partial charge on any atom is -0.325 e. The molecule has 3 aromatic carbocycles. The Morgan fingerprint density at radius 3 is 2.25 bits per heavy atom. The van der Waals surface area contributed by atoms with Gasteiger partial charge >= 0.3 is 0 Å². The summed E-state index contributed by atoms with van der Waals surface area (Å²) >= 11 is 11.8. The second-order valence-corrected chi connectivity index (χ2v) is 8.96. The van der Waals surface area contributed by atoms with E-state index in [1.54, 1.807) is 43.3 Å². The number of anilines is 1. The highest BCUT2D eigenvalue weighted by atomic mass is 35.5. The monoisotopic (exact) mass is 436 g/mol. The molecule has 0 spiro atoms. The summed E-state index contributed by atoms with van der Waals surface area (Å²) < 4.78 is 27.1. The van der Waals surface area contributed by atoms with Gasteiger partial charge in [-0.1, -0.05) is 60.5 Å². The van der Waals surface area contributed by atoms with Crippen LogP contribution in [0.2, 0.25) is 10.0 Å². The third-order valence-electron chi connectivity index (χ3n) is 4.18. The van der Waals surface area contributed by atoms with Crippen molar-refractivity contribution in [2.24, 2.45) is 0 Å². The van der Waals surface area contributed by atoms with E-state index in [0.29, 0.717) is 15.7 Å². The van der Waals surface area contributed by atoms with Crippen LogP contribution in [0.1, 0.15) is 6.92 Å². The van der Waals surface area contributed by atoms with Gasteiger partial charge in [0.05, 0.1) is 11.4 Å². The van der Waals surface area contributed by atoms with Gasteiger partial charge in [0.1, 0.15) is 0 Å². The first kappa shape index (κ1) is 20.6. The van der Waals surface area contributed by atoms with E-state index in [0.717, 1.165) is 15.1 Å². The molecule has 0 bridgehead atoms. The predicted molar refractivity (Wildman–Crippen MR) is 113 cm³/mol. The van der Waals surface area contributed by atoms with E-state index in [1.807, 2.05) is 24.3 Å². The lowest BCUT2D eigenvalue weighted by atomic mass is 10.1. The van der Waals surface area contributed by atoms with Gasteiger partial charge in [-0.3, -0.25) is 4.79 Å². The molecule has 0 aliphatic carbocycles. The van der Waals surface area contributed by atoms with Crippen molar-refractivity contribution >= 4 is 55.6 Å². The standard InChI is InChI=1S/C20H18Cl2N2O3S/c1-2-24(13-20(25)23-18-11-16(21)10-17(22)12-18)28(26,27)19-8-7-14-5-3-4-6-15(14)9-19/h3-12H,2,13H2,1H3,(H,23,25). The Morgan fingerprint density at radius 2 is 1.61 bits per heavy atom. The highest BCUT2D eigenvalue weighted by Gasteiger charge is 2.25. The number of hydrogen-bond donors (Lipinski definition) is 1. The molecule has 0 aliphatic rings. The number of nitrogens with zero attached hydrogens (tertiary/aromatic N) is 1. The summed E-state index contributed by atoms with van der Waals surface area (Å²) in [4.78, 5) is 12.5. The first-order valence-corrected chi connectivity index (χ1v) is 10.7. The zero-order chi connectivity index (χ0) is 20.3. The molecule has 1 N–H and O–H groups in total. The molecule has 1 amide bonds. The van der Waals surface area contributed by atoms with Crippen molar-refractivity contribution in [3.63, 3.8) is 0 Å². The Labute approximate surface area is 173 Å². The summed E-state index contributed by atoms with van der Waals surface area (Å²) in [5.41, 5.74) is 0.404. The fraction of sp³-hybridized carbons (Fsp3) is 0.150. The fourth-order valence-corrected chi connectivity index (χ4v) is 4.80. The third-order valence-corrected chi connectivity index (χ3v) is 6.53. The van der Waals surface area contributed by atoms with Crippen LogP contribution in [0.4, 0.5) is 5.69 Å². The second kappa shape index (κ2) is 8.49. The largest absolute Gasteiger partial charge is 0.325 e. The summed E-state index contributed by atoms with van der Waals surface area (Å²) in [5.74, 6) is -0.482. The molecule has 8 heteroatoms. The maximum atomic E-state index is 13.0. The van der Waals surface area contributed by atoms with Gasteiger partial charge in [-0.05, 0) is 41.1 Å². The quantitative estimate of drug-likeness (QED) is 0.603. The molecule has 0 heterocycles. The molecule has 146 valence electrons. The molecule has 0 aromatic heterocycles. The van der Waals surface area contributed by atoms with Crippen LogP contribution in [0.3, 0.4) is 0 Å². The lowest BCUT2D eigenvalue weighted by molar-refractivity contribution is -0.116. The average molecular weight is 437 g/mol. The topological polar surface area (TPSA) is 66.5 Å². The summed E-state index contributed by atoms with van der Waals surface area (Å²) in [6.07, 6.45) is 0. The average Bonchev–Trinajstić information content (AvgIpc) is 2.64. The SMILES string of the molecule is CCN(CC(=O)Nc1cc(Cl)cc(Cl)c1)S(=O)(=O)c1ccc2ccccc2c1. The molecule has 0 aliphatic heterocycles. The summed E-state index contributed by atoms with van der Waals surface area (Å²) in [6, 6.07) is 17.0. The molecule has 3 aromatic rings. The van der Waals surface area contributed by atoms with Crippen molar-refractivity contribution in [2.75, 3.05) is 18.4 Å². The minimum absolute atomic E-state index is 0.145. The van der Waals surface area contributed by atoms with Crippen LogP contribution in [-0.2, 0) is 14.8 Å². The van der Waals surface area contributed by atoms with E-state index in [9.17, 15) is 13.2 Å². The Bertz CT molecular complexity index is 1110. The van der Waals surface area contributed by atoms with Crippen LogP contribution in [-0.4, -0.2) is 31.7 Å². The number of sulfonamides is 1. The zero-order valence-electron chi connectivity index (χ0n) is 15.0. The zero-order valence-corrected chi connectivity index (χ0v) is 17.4. The van der Waals surface area contributed by atoms with Crippen LogP contribution in [0.15, 0.2) is 65.6 Å². The van der Waals surface area contributed by atoms with Crippen molar-refractivity contribution in [3.8, 4) is 0 Å². The molecular formula is C20H18Cl2N2O3S. The lowest BCUT2D eigenvalue weighted by Gasteiger charge is -2.20. The fourth-order valence-electron chi connectivity index (χ4n) is 2.83. The van der Waals surface area contributed by atoms with Crippen molar-refractivity contribution in [1.29, 1.82) is 0 Å². The summed E-state index contributed by atoms with van der Waals surface area (Å²) in [7, 11) is -3.83. The Balaban J connectivity index is 1.81. The molecule has 0 fully saturated rings. The van der Waals surface area contributed by atoms with E-state index in [-0.39, 0.29) is 18.0 Å². The number of nitrogens with one attached hydrogen (secondary N) is 1. The maximum absolute atomic E-state index is 13.0. The van der Waals surface area contributed by atoms with Crippen LogP contribution >= 0.6 is 23.2 Å². The number of amides is 1. The van der Waals surface area contributed by atoms with Crippen molar-refractivity contribution in [1.82, 2.24) is 4.31 Å². The number of carbonyl (C=O) groups excluding carboxylic acids is 1. The number of hydrogen-bond acceptors (Lipinski definition) is 3. The van der Waals surface area contributed by atoms with Gasteiger partial charge in [-0.25, -0.2) is 8.42 Å². The van der Waals surface area contributed by atoms with Crippen molar-refractivity contribution in [3.05, 3.63) is 70.7 Å². The summed E-state index contributed by atoms with van der Waals surface area (Å²) in [6.45, 7) is 1.51. The van der Waals surface area contributed by atoms with E-state index < -0.39 is 15.9 Å². The van der Waals surface area contributed by atoms with Crippen LogP contribution < -0.4 is 5.32 Å². The molecular weight excluding hydrogens is 419 g/mol. The molecule has 0 atom stereocenters. The molecule has 5 nitrogen and oxygen atoms in total. The minimum atomic E-state index is -3.83. The smallest absolute Gasteiger partial charge is 0.243 e. The first-order chi connectivity index (χ1) is 13.3. The molecule has 0 saturated carbocycles. The summed E-state index contributed by atoms with van der Waals surface area (Å²) in [5, 5.41) is 5.14. The number of benzene rings is 3. The lowest BCUT2D eigenvalue weighted by Crippen LogP contribution is -2.37. The first-order valence-electron chi connectivity index (χ1n) is 8.54. The van der Waals surface area contributed by atoms with Gasteiger partial charge in [0, 0.05) is 22.3 Å². The highest BCUT2D eigenvalue weighted by Crippen LogP contribution is 2.24. The van der Waals surface area contributed by atoms with Gasteiger partial charge in [-0.15, -0.1) is 0 Å². The Hall–Kier alpha value is -2.12. The normalized spacial score (nSPS) is 11.7. The van der Waals surface area contributed by atoms with E-state index in [4.69, 9.17) is 23.2 Å². The van der Waals surface area contributed by atoms with Crippen molar-refractivity contribution in [2.45, 2.75) is 11.8 Å². The Kier molecular flexibility index (Phi) is 6.25. The number of likely N-dealkylation sites (N-methyl/N-ethyl adjacent to an activating group) is 1.